The molecule has 0 spiro atoms. The molecule has 0 aliphatic carbocycles. The topological polar surface area (TPSA) is 96.7 Å². The monoisotopic (exact) mass is 259 g/mol. The smallest absolute Gasteiger partial charge is 0.186 e. The Balaban J connectivity index is 2.72. The standard InChI is InChI=1S/C11H21N3O4/c1-4-5-6-17-10-9(15)8(13-14-12)7(2)18-11(10)16-3/h7-11,15H,4-6H2,1-3H3/t7?,8-,9?,10?,11+/m1/s1. The minimum atomic E-state index is -0.925. The molecule has 0 aromatic heterocycles. The second kappa shape index (κ2) is 7.56. The Morgan fingerprint density at radius 1 is 1.50 bits per heavy atom. The molecule has 7 heteroatoms. The molecule has 0 aromatic carbocycles. The summed E-state index contributed by atoms with van der Waals surface area (Å²) in [5.74, 6) is 0. The molecule has 1 aliphatic rings. The van der Waals surface area contributed by atoms with Gasteiger partial charge in [-0.3, -0.25) is 0 Å². The lowest BCUT2D eigenvalue weighted by molar-refractivity contribution is -0.271. The molecule has 1 rings (SSSR count). The summed E-state index contributed by atoms with van der Waals surface area (Å²) in [6.45, 7) is 4.30. The van der Waals surface area contributed by atoms with Gasteiger partial charge < -0.3 is 19.3 Å². The molecule has 7 nitrogen and oxygen atoms in total. The number of nitrogens with zero attached hydrogens (tertiary/aromatic N) is 3. The number of aliphatic hydroxyl groups excluding tert-OH is 1. The summed E-state index contributed by atoms with van der Waals surface area (Å²) in [5.41, 5.74) is 8.50. The van der Waals surface area contributed by atoms with Gasteiger partial charge in [-0.15, -0.1) is 0 Å². The summed E-state index contributed by atoms with van der Waals surface area (Å²) in [7, 11) is 1.49. The van der Waals surface area contributed by atoms with E-state index in [-0.39, 0.29) is 0 Å². The SMILES string of the molecule is CCCCOC1C(O)[C@H](N=[N+]=[N-])C(C)O[C@@H]1OC. The third-order valence-electron chi connectivity index (χ3n) is 3.01. The first-order valence-corrected chi connectivity index (χ1v) is 6.17. The van der Waals surface area contributed by atoms with Crippen molar-refractivity contribution in [1.29, 1.82) is 0 Å². The highest BCUT2D eigenvalue weighted by Gasteiger charge is 2.44. The maximum Gasteiger partial charge on any atom is 0.186 e. The summed E-state index contributed by atoms with van der Waals surface area (Å²) in [5, 5.41) is 13.7. The molecule has 3 unspecified atom stereocenters. The van der Waals surface area contributed by atoms with Gasteiger partial charge in [-0.25, -0.2) is 0 Å². The third kappa shape index (κ3) is 3.57. The zero-order valence-corrected chi connectivity index (χ0v) is 11.0. The van der Waals surface area contributed by atoms with E-state index in [2.05, 4.69) is 16.9 Å². The molecule has 1 fully saturated rings. The molecule has 5 atom stereocenters. The van der Waals surface area contributed by atoms with Crippen molar-refractivity contribution in [3.8, 4) is 0 Å². The number of azide groups is 1. The predicted octanol–water partition coefficient (Wildman–Crippen LogP) is 1.60. The highest BCUT2D eigenvalue weighted by molar-refractivity contribution is 4.93. The second-order valence-corrected chi connectivity index (χ2v) is 4.32. The fourth-order valence-electron chi connectivity index (χ4n) is 1.95. The minimum absolute atomic E-state index is 0.410. The van der Waals surface area contributed by atoms with Gasteiger partial charge in [0.25, 0.3) is 0 Å². The van der Waals surface area contributed by atoms with Crippen molar-refractivity contribution < 1.29 is 19.3 Å². The molecule has 0 amide bonds. The molecule has 104 valence electrons. The van der Waals surface area contributed by atoms with Crippen LogP contribution in [0.15, 0.2) is 5.11 Å². The first-order chi connectivity index (χ1) is 8.65. The lowest BCUT2D eigenvalue weighted by atomic mass is 9.97. The number of hydrogen-bond acceptors (Lipinski definition) is 5. The molecular formula is C11H21N3O4. The van der Waals surface area contributed by atoms with E-state index < -0.39 is 30.6 Å². The first kappa shape index (κ1) is 15.2. The van der Waals surface area contributed by atoms with Gasteiger partial charge in [-0.2, -0.15) is 0 Å². The first-order valence-electron chi connectivity index (χ1n) is 6.17. The van der Waals surface area contributed by atoms with Crippen LogP contribution in [-0.2, 0) is 14.2 Å². The normalized spacial score (nSPS) is 36.1. The summed E-state index contributed by atoms with van der Waals surface area (Å²) in [4.78, 5) is 2.73. The van der Waals surface area contributed by atoms with Crippen LogP contribution >= 0.6 is 0 Å². The van der Waals surface area contributed by atoms with Gasteiger partial charge >= 0.3 is 0 Å². The average Bonchev–Trinajstić information content (AvgIpc) is 2.36. The van der Waals surface area contributed by atoms with E-state index in [0.29, 0.717) is 6.61 Å². The Morgan fingerprint density at radius 2 is 2.22 bits per heavy atom. The Hall–Kier alpha value is -0.850. The van der Waals surface area contributed by atoms with Crippen molar-refractivity contribution in [2.45, 2.75) is 57.3 Å². The van der Waals surface area contributed by atoms with Crippen LogP contribution < -0.4 is 0 Å². The van der Waals surface area contributed by atoms with Gasteiger partial charge in [0.1, 0.15) is 6.10 Å². The minimum Gasteiger partial charge on any atom is -0.390 e. The molecule has 1 saturated heterocycles. The van der Waals surface area contributed by atoms with Crippen LogP contribution in [0.5, 0.6) is 0 Å². The summed E-state index contributed by atoms with van der Waals surface area (Å²) < 4.78 is 16.3. The Kier molecular flexibility index (Phi) is 6.38. The van der Waals surface area contributed by atoms with Crippen molar-refractivity contribution in [2.24, 2.45) is 5.11 Å². The average molecular weight is 259 g/mol. The second-order valence-electron chi connectivity index (χ2n) is 4.32. The third-order valence-corrected chi connectivity index (χ3v) is 3.01. The van der Waals surface area contributed by atoms with Crippen molar-refractivity contribution in [3.05, 3.63) is 10.4 Å². The Labute approximate surface area is 107 Å². The van der Waals surface area contributed by atoms with E-state index >= 15 is 0 Å². The zero-order chi connectivity index (χ0) is 13.5. The fraction of sp³-hybridized carbons (Fsp3) is 1.00. The number of methoxy groups -OCH3 is 1. The van der Waals surface area contributed by atoms with E-state index in [1.165, 1.54) is 7.11 Å². The molecule has 0 saturated carbocycles. The molecule has 0 radical (unpaired) electrons. The van der Waals surface area contributed by atoms with E-state index in [9.17, 15) is 5.11 Å². The molecule has 0 aromatic rings. The van der Waals surface area contributed by atoms with Gasteiger partial charge in [0, 0.05) is 18.6 Å². The number of hydrogen-bond donors (Lipinski definition) is 1. The van der Waals surface area contributed by atoms with Gasteiger partial charge in [-0.1, -0.05) is 18.5 Å². The molecule has 0 bridgehead atoms. The van der Waals surface area contributed by atoms with Crippen LogP contribution in [0.2, 0.25) is 0 Å². The zero-order valence-electron chi connectivity index (χ0n) is 11.0. The molecule has 1 aliphatic heterocycles. The van der Waals surface area contributed by atoms with Crippen LogP contribution in [0.4, 0.5) is 0 Å². The predicted molar refractivity (Wildman–Crippen MR) is 64.9 cm³/mol. The number of unbranched alkanes of at least 4 members (excludes halogenated alkanes) is 1. The highest BCUT2D eigenvalue weighted by Crippen LogP contribution is 2.26. The van der Waals surface area contributed by atoms with E-state index in [4.69, 9.17) is 19.7 Å². The summed E-state index contributed by atoms with van der Waals surface area (Å²) >= 11 is 0. The van der Waals surface area contributed by atoms with Crippen molar-refractivity contribution in [1.82, 2.24) is 0 Å². The van der Waals surface area contributed by atoms with Crippen molar-refractivity contribution in [2.75, 3.05) is 13.7 Å². The van der Waals surface area contributed by atoms with Crippen LogP contribution in [0, 0.1) is 0 Å². The Bertz CT molecular complexity index is 296. The van der Waals surface area contributed by atoms with Crippen molar-refractivity contribution in [3.63, 3.8) is 0 Å². The Morgan fingerprint density at radius 3 is 2.78 bits per heavy atom. The summed E-state index contributed by atoms with van der Waals surface area (Å²) in [6, 6.07) is -0.659. The van der Waals surface area contributed by atoms with Crippen LogP contribution in [0.1, 0.15) is 26.7 Å². The van der Waals surface area contributed by atoms with Gasteiger partial charge in [0.2, 0.25) is 0 Å². The molecule has 1 N–H and O–H groups in total. The van der Waals surface area contributed by atoms with Crippen LogP contribution in [-0.4, -0.2) is 49.5 Å². The number of ether oxygens (including phenoxy) is 3. The lowest BCUT2D eigenvalue weighted by Crippen LogP contribution is -2.57. The maximum absolute atomic E-state index is 10.2. The number of rotatable bonds is 6. The highest BCUT2D eigenvalue weighted by atomic mass is 16.7. The van der Waals surface area contributed by atoms with Crippen molar-refractivity contribution >= 4 is 0 Å². The van der Waals surface area contributed by atoms with Gasteiger partial charge in [0.15, 0.2) is 6.29 Å². The molecular weight excluding hydrogens is 238 g/mol. The molecule has 1 heterocycles. The molecule has 18 heavy (non-hydrogen) atoms. The van der Waals surface area contributed by atoms with E-state index in [1.54, 1.807) is 6.92 Å². The van der Waals surface area contributed by atoms with Gasteiger partial charge in [-0.05, 0) is 18.9 Å². The van der Waals surface area contributed by atoms with Crippen LogP contribution in [0.3, 0.4) is 0 Å². The quantitative estimate of drug-likeness (QED) is 0.339. The lowest BCUT2D eigenvalue weighted by Gasteiger charge is -2.41. The maximum atomic E-state index is 10.2. The van der Waals surface area contributed by atoms with E-state index in [1.807, 2.05) is 0 Å². The van der Waals surface area contributed by atoms with E-state index in [0.717, 1.165) is 12.8 Å². The number of aliphatic hydroxyl groups is 1. The van der Waals surface area contributed by atoms with Gasteiger partial charge in [0.05, 0.1) is 18.2 Å². The largest absolute Gasteiger partial charge is 0.390 e. The summed E-state index contributed by atoms with van der Waals surface area (Å²) in [6.07, 6.45) is -0.720. The van der Waals surface area contributed by atoms with Crippen LogP contribution in [0.25, 0.3) is 10.4 Å². The fourth-order valence-corrected chi connectivity index (χ4v) is 1.95.